The number of anilines is 1. The third-order valence-electron chi connectivity index (χ3n) is 5.59. The number of aliphatic imine (C=N–C) groups is 1. The Bertz CT molecular complexity index is 920. The zero-order valence-electron chi connectivity index (χ0n) is 17.2. The normalized spacial score (nSPS) is 21.6. The highest BCUT2D eigenvalue weighted by Crippen LogP contribution is 2.31. The van der Waals surface area contributed by atoms with E-state index in [0.717, 1.165) is 29.1 Å². The second-order valence-corrected chi connectivity index (χ2v) is 8.19. The van der Waals surface area contributed by atoms with Gasteiger partial charge < -0.3 is 15.4 Å². The van der Waals surface area contributed by atoms with Gasteiger partial charge in [0.1, 0.15) is 12.4 Å². The second-order valence-electron chi connectivity index (χ2n) is 7.75. The molecule has 0 radical (unpaired) electrons. The Hall–Kier alpha value is -2.54. The Kier molecular flexibility index (Phi) is 6.27. The van der Waals surface area contributed by atoms with E-state index in [1.54, 1.807) is 0 Å². The lowest BCUT2D eigenvalue weighted by Crippen LogP contribution is -2.44. The molecule has 7 heteroatoms. The molecule has 1 fully saturated rings. The SMILES string of the molecule is CC1=CNC(Nc2ccc(OCCN3CCCC3)cc2)=NC1(N)c1ccc(Cl)cc1. The van der Waals surface area contributed by atoms with E-state index in [-0.39, 0.29) is 0 Å². The van der Waals surface area contributed by atoms with Gasteiger partial charge in [-0.15, -0.1) is 0 Å². The van der Waals surface area contributed by atoms with Crippen molar-refractivity contribution in [3.63, 3.8) is 0 Å². The lowest BCUT2D eigenvalue weighted by Gasteiger charge is -2.31. The number of benzene rings is 2. The lowest BCUT2D eigenvalue weighted by molar-refractivity contribution is 0.238. The first-order chi connectivity index (χ1) is 14.5. The Morgan fingerprint density at radius 1 is 1.13 bits per heavy atom. The van der Waals surface area contributed by atoms with Crippen molar-refractivity contribution >= 4 is 23.2 Å². The summed E-state index contributed by atoms with van der Waals surface area (Å²) in [5.41, 5.74) is 8.39. The molecule has 2 aliphatic heterocycles. The highest BCUT2D eigenvalue weighted by Gasteiger charge is 2.32. The van der Waals surface area contributed by atoms with Gasteiger partial charge in [0, 0.05) is 23.5 Å². The van der Waals surface area contributed by atoms with E-state index in [2.05, 4.69) is 15.5 Å². The first kappa shape index (κ1) is 20.7. The number of likely N-dealkylation sites (tertiary alicyclic amines) is 1. The van der Waals surface area contributed by atoms with Crippen molar-refractivity contribution in [1.82, 2.24) is 10.2 Å². The summed E-state index contributed by atoms with van der Waals surface area (Å²) < 4.78 is 5.87. The molecule has 4 rings (SSSR count). The fourth-order valence-corrected chi connectivity index (χ4v) is 3.84. The Labute approximate surface area is 182 Å². The van der Waals surface area contributed by atoms with Crippen molar-refractivity contribution < 1.29 is 4.74 Å². The first-order valence-corrected chi connectivity index (χ1v) is 10.7. The molecule has 2 aliphatic rings. The van der Waals surface area contributed by atoms with E-state index in [4.69, 9.17) is 27.1 Å². The van der Waals surface area contributed by atoms with Crippen LogP contribution in [0.25, 0.3) is 0 Å². The number of hydrogen-bond donors (Lipinski definition) is 3. The topological polar surface area (TPSA) is 74.9 Å². The summed E-state index contributed by atoms with van der Waals surface area (Å²) in [5, 5.41) is 7.13. The molecule has 1 unspecified atom stereocenters. The molecule has 0 aromatic heterocycles. The first-order valence-electron chi connectivity index (χ1n) is 10.3. The third-order valence-corrected chi connectivity index (χ3v) is 5.84. The molecule has 0 saturated carbocycles. The van der Waals surface area contributed by atoms with Crippen LogP contribution in [0.5, 0.6) is 5.75 Å². The van der Waals surface area contributed by atoms with Gasteiger partial charge in [-0.1, -0.05) is 23.7 Å². The van der Waals surface area contributed by atoms with Crippen LogP contribution < -0.4 is 21.1 Å². The smallest absolute Gasteiger partial charge is 0.202 e. The predicted octanol–water partition coefficient (Wildman–Crippen LogP) is 3.90. The van der Waals surface area contributed by atoms with Crippen LogP contribution in [0.3, 0.4) is 0 Å². The minimum atomic E-state index is -0.948. The quantitative estimate of drug-likeness (QED) is 0.654. The summed E-state index contributed by atoms with van der Waals surface area (Å²) >= 11 is 6.02. The van der Waals surface area contributed by atoms with Gasteiger partial charge in [-0.2, -0.15) is 0 Å². The lowest BCUT2D eigenvalue weighted by atomic mass is 9.93. The van der Waals surface area contributed by atoms with Crippen LogP contribution in [-0.4, -0.2) is 37.1 Å². The standard InChI is InChI=1S/C23H28ClN5O/c1-17-16-26-22(28-23(17,25)18-4-6-19(24)7-5-18)27-20-8-10-21(11-9-20)30-15-14-29-12-2-3-13-29/h4-11,16H,2-3,12-15,25H2,1H3,(H2,26,27,28). The number of hydrogen-bond acceptors (Lipinski definition) is 6. The molecule has 0 bridgehead atoms. The van der Waals surface area contributed by atoms with Crippen LogP contribution in [-0.2, 0) is 5.66 Å². The fraction of sp³-hybridized carbons (Fsp3) is 0.348. The van der Waals surface area contributed by atoms with Crippen LogP contribution in [0.2, 0.25) is 5.02 Å². The Morgan fingerprint density at radius 2 is 1.83 bits per heavy atom. The average molecular weight is 426 g/mol. The molecule has 2 aromatic rings. The van der Waals surface area contributed by atoms with E-state index in [1.165, 1.54) is 25.9 Å². The molecule has 6 nitrogen and oxygen atoms in total. The van der Waals surface area contributed by atoms with Crippen molar-refractivity contribution in [2.24, 2.45) is 10.7 Å². The molecule has 4 N–H and O–H groups in total. The summed E-state index contributed by atoms with van der Waals surface area (Å²) in [5.74, 6) is 1.45. The molecule has 30 heavy (non-hydrogen) atoms. The molecular formula is C23H28ClN5O. The number of halogens is 1. The van der Waals surface area contributed by atoms with Crippen LogP contribution >= 0.6 is 11.6 Å². The van der Waals surface area contributed by atoms with Gasteiger partial charge in [-0.3, -0.25) is 10.6 Å². The van der Waals surface area contributed by atoms with E-state index in [9.17, 15) is 0 Å². The molecule has 1 atom stereocenters. The number of rotatable bonds is 6. The number of nitrogens with zero attached hydrogens (tertiary/aromatic N) is 2. The third kappa shape index (κ3) is 4.78. The number of ether oxygens (including phenoxy) is 1. The second kappa shape index (κ2) is 9.08. The van der Waals surface area contributed by atoms with Gasteiger partial charge in [0.2, 0.25) is 5.96 Å². The van der Waals surface area contributed by atoms with Crippen LogP contribution in [0, 0.1) is 0 Å². The number of nitrogens with two attached hydrogens (primary N) is 1. The van der Waals surface area contributed by atoms with Crippen LogP contribution in [0.15, 0.2) is 65.3 Å². The summed E-state index contributed by atoms with van der Waals surface area (Å²) in [6, 6.07) is 15.3. The maximum Gasteiger partial charge on any atom is 0.202 e. The van der Waals surface area contributed by atoms with Crippen LogP contribution in [0.1, 0.15) is 25.3 Å². The maximum atomic E-state index is 6.65. The summed E-state index contributed by atoms with van der Waals surface area (Å²) in [4.78, 5) is 7.17. The maximum absolute atomic E-state index is 6.65. The fourth-order valence-electron chi connectivity index (χ4n) is 3.71. The van der Waals surface area contributed by atoms with E-state index in [0.29, 0.717) is 17.6 Å². The largest absolute Gasteiger partial charge is 0.492 e. The monoisotopic (exact) mass is 425 g/mol. The van der Waals surface area contributed by atoms with Crippen LogP contribution in [0.4, 0.5) is 5.69 Å². The van der Waals surface area contributed by atoms with Gasteiger partial charge in [0.05, 0.1) is 0 Å². The molecule has 158 valence electrons. The molecule has 2 heterocycles. The zero-order valence-corrected chi connectivity index (χ0v) is 18.0. The summed E-state index contributed by atoms with van der Waals surface area (Å²) in [6.45, 7) is 6.02. The number of nitrogens with one attached hydrogen (secondary N) is 2. The van der Waals surface area contributed by atoms with Crippen molar-refractivity contribution in [2.75, 3.05) is 31.6 Å². The minimum absolute atomic E-state index is 0.584. The van der Waals surface area contributed by atoms with Crippen molar-refractivity contribution in [3.05, 3.63) is 70.9 Å². The van der Waals surface area contributed by atoms with Gasteiger partial charge >= 0.3 is 0 Å². The predicted molar refractivity (Wildman–Crippen MR) is 123 cm³/mol. The van der Waals surface area contributed by atoms with Crippen molar-refractivity contribution in [1.29, 1.82) is 0 Å². The van der Waals surface area contributed by atoms with E-state index >= 15 is 0 Å². The highest BCUT2D eigenvalue weighted by atomic mass is 35.5. The highest BCUT2D eigenvalue weighted by molar-refractivity contribution is 6.30. The minimum Gasteiger partial charge on any atom is -0.492 e. The van der Waals surface area contributed by atoms with Crippen molar-refractivity contribution in [2.45, 2.75) is 25.4 Å². The van der Waals surface area contributed by atoms with E-state index < -0.39 is 5.66 Å². The summed E-state index contributed by atoms with van der Waals surface area (Å²) in [6.07, 6.45) is 4.48. The van der Waals surface area contributed by atoms with Crippen molar-refractivity contribution in [3.8, 4) is 5.75 Å². The van der Waals surface area contributed by atoms with Gasteiger partial charge in [0.15, 0.2) is 5.66 Å². The Balaban J connectivity index is 1.39. The molecular weight excluding hydrogens is 398 g/mol. The van der Waals surface area contributed by atoms with Gasteiger partial charge in [-0.25, -0.2) is 4.99 Å². The number of guanidine groups is 1. The van der Waals surface area contributed by atoms with E-state index in [1.807, 2.05) is 61.7 Å². The zero-order chi connectivity index (χ0) is 21.0. The Morgan fingerprint density at radius 3 is 2.53 bits per heavy atom. The molecule has 0 amide bonds. The molecule has 0 aliphatic carbocycles. The molecule has 2 aromatic carbocycles. The average Bonchev–Trinajstić information content (AvgIpc) is 3.26. The van der Waals surface area contributed by atoms with Gasteiger partial charge in [0.25, 0.3) is 0 Å². The summed E-state index contributed by atoms with van der Waals surface area (Å²) in [7, 11) is 0. The molecule has 0 spiro atoms. The van der Waals surface area contributed by atoms with Gasteiger partial charge in [-0.05, 0) is 80.4 Å². The molecule has 1 saturated heterocycles.